The molecule has 0 aliphatic carbocycles. The lowest BCUT2D eigenvalue weighted by Gasteiger charge is -2.18. The Labute approximate surface area is 179 Å². The Kier molecular flexibility index (Phi) is 8.16. The lowest BCUT2D eigenvalue weighted by atomic mass is 9.97. The Bertz CT molecular complexity index is 918. The SMILES string of the molecule is CCOc1ccc(C(=O)C(=Cc2cc(OC)c(OC)cc2OC)CC)cc1N(C)C. The minimum Gasteiger partial charge on any atom is -0.496 e. The molecule has 0 spiro atoms. The first kappa shape index (κ1) is 23.1. The molecule has 2 aromatic rings. The fourth-order valence-corrected chi connectivity index (χ4v) is 3.15. The number of ether oxygens (including phenoxy) is 4. The highest BCUT2D eigenvalue weighted by Crippen LogP contribution is 2.36. The number of nitrogens with zero attached hydrogens (tertiary/aromatic N) is 1. The lowest BCUT2D eigenvalue weighted by Crippen LogP contribution is -2.12. The predicted octanol–water partition coefficient (Wildman–Crippen LogP) is 4.85. The first-order valence-corrected chi connectivity index (χ1v) is 9.89. The van der Waals surface area contributed by atoms with Gasteiger partial charge in [0.2, 0.25) is 0 Å². The summed E-state index contributed by atoms with van der Waals surface area (Å²) in [4.78, 5) is 15.2. The van der Waals surface area contributed by atoms with Gasteiger partial charge in [0.1, 0.15) is 11.5 Å². The van der Waals surface area contributed by atoms with E-state index in [1.54, 1.807) is 33.5 Å². The number of Topliss-reactive ketones (excluding diaryl/α,β-unsaturated/α-hetero) is 1. The number of hydrogen-bond acceptors (Lipinski definition) is 6. The first-order chi connectivity index (χ1) is 14.4. The van der Waals surface area contributed by atoms with Crippen LogP contribution in [0.2, 0.25) is 0 Å². The van der Waals surface area contributed by atoms with Gasteiger partial charge >= 0.3 is 0 Å². The summed E-state index contributed by atoms with van der Waals surface area (Å²) in [5, 5.41) is 0. The van der Waals surface area contributed by atoms with Crippen molar-refractivity contribution in [1.29, 1.82) is 0 Å². The van der Waals surface area contributed by atoms with E-state index in [1.807, 2.05) is 57.1 Å². The average molecular weight is 414 g/mol. The Morgan fingerprint density at radius 1 is 0.900 bits per heavy atom. The normalized spacial score (nSPS) is 11.1. The number of benzene rings is 2. The van der Waals surface area contributed by atoms with Crippen LogP contribution in [-0.2, 0) is 0 Å². The quantitative estimate of drug-likeness (QED) is 0.410. The molecular formula is C24H31NO5. The molecule has 0 radical (unpaired) electrons. The van der Waals surface area contributed by atoms with Crippen LogP contribution >= 0.6 is 0 Å². The summed E-state index contributed by atoms with van der Waals surface area (Å²) >= 11 is 0. The molecule has 2 rings (SSSR count). The van der Waals surface area contributed by atoms with Gasteiger partial charge in [-0.2, -0.15) is 0 Å². The number of methoxy groups -OCH3 is 3. The van der Waals surface area contributed by atoms with Crippen molar-refractivity contribution < 1.29 is 23.7 Å². The zero-order chi connectivity index (χ0) is 22.3. The van der Waals surface area contributed by atoms with E-state index in [0.29, 0.717) is 41.4 Å². The van der Waals surface area contributed by atoms with Gasteiger partial charge in [-0.15, -0.1) is 0 Å². The molecular weight excluding hydrogens is 382 g/mol. The topological polar surface area (TPSA) is 57.2 Å². The van der Waals surface area contributed by atoms with Gasteiger partial charge in [0.25, 0.3) is 0 Å². The number of rotatable bonds is 10. The van der Waals surface area contributed by atoms with Gasteiger partial charge in [-0.05, 0) is 43.7 Å². The minimum absolute atomic E-state index is 0.0412. The van der Waals surface area contributed by atoms with E-state index in [9.17, 15) is 4.79 Å². The predicted molar refractivity (Wildman–Crippen MR) is 121 cm³/mol. The standard InChI is InChI=1S/C24H31NO5/c1-8-16(12-18-14-22(28-6)23(29-7)15-21(18)27-5)24(26)17-10-11-20(30-9-2)19(13-17)25(3)4/h10-15H,8-9H2,1-7H3. The van der Waals surface area contributed by atoms with Gasteiger partial charge in [-0.3, -0.25) is 4.79 Å². The molecule has 0 N–H and O–H groups in total. The maximum atomic E-state index is 13.3. The zero-order valence-electron chi connectivity index (χ0n) is 18.9. The number of hydrogen-bond donors (Lipinski definition) is 0. The number of carbonyl (C=O) groups is 1. The number of anilines is 1. The summed E-state index contributed by atoms with van der Waals surface area (Å²) in [5.41, 5.74) is 2.88. The molecule has 6 heteroatoms. The van der Waals surface area contributed by atoms with Crippen LogP contribution in [0.3, 0.4) is 0 Å². The van der Waals surface area contributed by atoms with Crippen molar-refractivity contribution >= 4 is 17.5 Å². The summed E-state index contributed by atoms with van der Waals surface area (Å²) in [7, 11) is 8.59. The number of carbonyl (C=O) groups excluding carboxylic acids is 1. The van der Waals surface area contributed by atoms with Crippen LogP contribution in [-0.4, -0.2) is 47.8 Å². The van der Waals surface area contributed by atoms with Crippen molar-refractivity contribution in [3.8, 4) is 23.0 Å². The van der Waals surface area contributed by atoms with Gasteiger partial charge in [-0.1, -0.05) is 6.92 Å². The number of allylic oxidation sites excluding steroid dienone is 1. The third kappa shape index (κ3) is 5.06. The minimum atomic E-state index is -0.0412. The second kappa shape index (κ2) is 10.6. The van der Waals surface area contributed by atoms with Crippen molar-refractivity contribution in [3.05, 3.63) is 47.0 Å². The molecule has 0 aliphatic heterocycles. The lowest BCUT2D eigenvalue weighted by molar-refractivity contribution is 0.103. The molecule has 30 heavy (non-hydrogen) atoms. The molecule has 0 aromatic heterocycles. The van der Waals surface area contributed by atoms with Crippen LogP contribution in [0.4, 0.5) is 5.69 Å². The summed E-state index contributed by atoms with van der Waals surface area (Å²) in [6, 6.07) is 9.07. The molecule has 162 valence electrons. The smallest absolute Gasteiger partial charge is 0.189 e. The van der Waals surface area contributed by atoms with E-state index in [4.69, 9.17) is 18.9 Å². The maximum absolute atomic E-state index is 13.3. The van der Waals surface area contributed by atoms with E-state index in [0.717, 1.165) is 17.0 Å². The molecule has 2 aromatic carbocycles. The van der Waals surface area contributed by atoms with Crippen LogP contribution < -0.4 is 23.8 Å². The molecule has 0 amide bonds. The maximum Gasteiger partial charge on any atom is 0.189 e. The Balaban J connectivity index is 2.51. The molecule has 0 heterocycles. The van der Waals surface area contributed by atoms with Gasteiger partial charge in [0.15, 0.2) is 17.3 Å². The highest BCUT2D eigenvalue weighted by atomic mass is 16.5. The second-order valence-electron chi connectivity index (χ2n) is 6.81. The highest BCUT2D eigenvalue weighted by Gasteiger charge is 2.17. The monoisotopic (exact) mass is 413 g/mol. The summed E-state index contributed by atoms with van der Waals surface area (Å²) < 4.78 is 21.9. The third-order valence-corrected chi connectivity index (χ3v) is 4.74. The van der Waals surface area contributed by atoms with Gasteiger partial charge in [0.05, 0.1) is 33.6 Å². The van der Waals surface area contributed by atoms with E-state index in [-0.39, 0.29) is 5.78 Å². The molecule has 0 bridgehead atoms. The van der Waals surface area contributed by atoms with Crippen LogP contribution in [0.25, 0.3) is 6.08 Å². The third-order valence-electron chi connectivity index (χ3n) is 4.74. The van der Waals surface area contributed by atoms with E-state index in [1.165, 1.54) is 0 Å². The van der Waals surface area contributed by atoms with Crippen LogP contribution in [0.1, 0.15) is 36.2 Å². The zero-order valence-corrected chi connectivity index (χ0v) is 18.9. The van der Waals surface area contributed by atoms with Crippen molar-refractivity contribution in [2.24, 2.45) is 0 Å². The van der Waals surface area contributed by atoms with Gasteiger partial charge < -0.3 is 23.8 Å². The summed E-state index contributed by atoms with van der Waals surface area (Å²) in [6.45, 7) is 4.46. The Morgan fingerprint density at radius 2 is 1.53 bits per heavy atom. The highest BCUT2D eigenvalue weighted by molar-refractivity contribution is 6.12. The molecule has 0 saturated heterocycles. The van der Waals surface area contributed by atoms with Crippen LogP contribution in [0.5, 0.6) is 23.0 Å². The van der Waals surface area contributed by atoms with Crippen molar-refractivity contribution in [2.45, 2.75) is 20.3 Å². The molecule has 0 fully saturated rings. The second-order valence-corrected chi connectivity index (χ2v) is 6.81. The van der Waals surface area contributed by atoms with Gasteiger partial charge in [-0.25, -0.2) is 0 Å². The Hall–Kier alpha value is -3.15. The summed E-state index contributed by atoms with van der Waals surface area (Å²) in [5.74, 6) is 2.46. The molecule has 0 unspecified atom stereocenters. The fraction of sp³-hybridized carbons (Fsp3) is 0.375. The molecule has 0 saturated carbocycles. The average Bonchev–Trinajstić information content (AvgIpc) is 2.76. The van der Waals surface area contributed by atoms with Crippen molar-refractivity contribution in [1.82, 2.24) is 0 Å². The van der Waals surface area contributed by atoms with Crippen LogP contribution in [0, 0.1) is 0 Å². The van der Waals surface area contributed by atoms with E-state index < -0.39 is 0 Å². The van der Waals surface area contributed by atoms with E-state index >= 15 is 0 Å². The molecule has 0 aliphatic rings. The summed E-state index contributed by atoms with van der Waals surface area (Å²) in [6.07, 6.45) is 2.41. The molecule has 6 nitrogen and oxygen atoms in total. The van der Waals surface area contributed by atoms with Crippen molar-refractivity contribution in [3.63, 3.8) is 0 Å². The van der Waals surface area contributed by atoms with Crippen molar-refractivity contribution in [2.75, 3.05) is 46.9 Å². The van der Waals surface area contributed by atoms with Gasteiger partial charge in [0, 0.05) is 36.9 Å². The first-order valence-electron chi connectivity index (χ1n) is 9.89. The largest absolute Gasteiger partial charge is 0.496 e. The fourth-order valence-electron chi connectivity index (χ4n) is 3.15. The molecule has 0 atom stereocenters. The van der Waals surface area contributed by atoms with Crippen LogP contribution in [0.15, 0.2) is 35.9 Å². The van der Waals surface area contributed by atoms with E-state index in [2.05, 4.69) is 0 Å². The Morgan fingerprint density at radius 3 is 2.07 bits per heavy atom. The number of ketones is 1.